The number of hydrogen-bond donors (Lipinski definition) is 4. The van der Waals surface area contributed by atoms with Gasteiger partial charge in [-0.3, -0.25) is 15.4 Å². The van der Waals surface area contributed by atoms with Crippen molar-refractivity contribution in [1.82, 2.24) is 20.8 Å². The van der Waals surface area contributed by atoms with Gasteiger partial charge in [-0.25, -0.2) is 9.89 Å². The van der Waals surface area contributed by atoms with Crippen LogP contribution in [-0.4, -0.2) is 51.4 Å². The van der Waals surface area contributed by atoms with E-state index in [1.54, 1.807) is 13.8 Å². The summed E-state index contributed by atoms with van der Waals surface area (Å²) in [5.41, 5.74) is 0. The number of nitrogens with one attached hydrogen (secondary N) is 3. The second-order valence-corrected chi connectivity index (χ2v) is 4.55. The van der Waals surface area contributed by atoms with Gasteiger partial charge in [-0.1, -0.05) is 0 Å². The molecule has 2 heterocycles. The van der Waals surface area contributed by atoms with Crippen molar-refractivity contribution in [2.24, 2.45) is 0 Å². The van der Waals surface area contributed by atoms with E-state index in [4.69, 9.17) is 9.84 Å². The van der Waals surface area contributed by atoms with Crippen molar-refractivity contribution >= 4 is 11.9 Å². The Bertz CT molecular complexity index is 461. The van der Waals surface area contributed by atoms with Gasteiger partial charge in [0.15, 0.2) is 0 Å². The van der Waals surface area contributed by atoms with Gasteiger partial charge in [0.2, 0.25) is 5.88 Å². The zero-order valence-corrected chi connectivity index (χ0v) is 10.6. The van der Waals surface area contributed by atoms with Crippen LogP contribution in [0.25, 0.3) is 0 Å². The lowest BCUT2D eigenvalue weighted by atomic mass is 9.99. The molecule has 104 valence electrons. The highest BCUT2D eigenvalue weighted by Crippen LogP contribution is 2.11. The molecule has 0 amide bonds. The van der Waals surface area contributed by atoms with Crippen LogP contribution in [0.2, 0.25) is 0 Å². The van der Waals surface area contributed by atoms with Gasteiger partial charge in [-0.05, 0) is 13.8 Å². The largest absolute Gasteiger partial charge is 0.480 e. The lowest BCUT2D eigenvalue weighted by Gasteiger charge is -2.37. The number of piperazine rings is 1. The monoisotopic (exact) mass is 268 g/mol. The van der Waals surface area contributed by atoms with Crippen LogP contribution in [0.5, 0.6) is 5.88 Å². The van der Waals surface area contributed by atoms with E-state index in [1.165, 1.54) is 12.3 Å². The molecular weight excluding hydrogens is 252 g/mol. The number of nitrogens with zero attached hydrogens (tertiary/aromatic N) is 1. The average molecular weight is 268 g/mol. The Labute approximate surface area is 109 Å². The molecule has 0 aliphatic carbocycles. The first kappa shape index (κ1) is 13.5. The molecule has 0 saturated carbocycles. The summed E-state index contributed by atoms with van der Waals surface area (Å²) >= 11 is 0. The summed E-state index contributed by atoms with van der Waals surface area (Å²) in [5.74, 6) is -1.18. The minimum atomic E-state index is -0.952. The molecule has 8 nitrogen and oxygen atoms in total. The molecule has 1 aromatic rings. The van der Waals surface area contributed by atoms with Crippen molar-refractivity contribution in [3.8, 4) is 5.88 Å². The number of carbonyl (C=O) groups excluding carboxylic acids is 1. The van der Waals surface area contributed by atoms with Gasteiger partial charge in [0.25, 0.3) is 0 Å². The summed E-state index contributed by atoms with van der Waals surface area (Å²) in [7, 11) is 0. The number of carboxylic acid groups (broad SMARTS) is 1. The number of ether oxygens (including phenoxy) is 1. The number of carbonyl (C=O) groups is 2. The normalized spacial score (nSPS) is 30.8. The molecule has 1 aliphatic heterocycles. The smallest absolute Gasteiger partial charge is 0.331 e. The number of aromatic nitrogens is 2. The number of esters is 1. The van der Waals surface area contributed by atoms with E-state index in [0.717, 1.165) is 0 Å². The van der Waals surface area contributed by atoms with Crippen LogP contribution in [0.3, 0.4) is 0 Å². The minimum absolute atomic E-state index is 0.256. The van der Waals surface area contributed by atoms with Crippen molar-refractivity contribution < 1.29 is 19.4 Å². The topological polar surface area (TPSA) is 116 Å². The van der Waals surface area contributed by atoms with E-state index in [0.29, 0.717) is 0 Å². The first-order chi connectivity index (χ1) is 8.99. The Morgan fingerprint density at radius 2 is 1.89 bits per heavy atom. The van der Waals surface area contributed by atoms with Crippen molar-refractivity contribution in [3.63, 3.8) is 0 Å². The van der Waals surface area contributed by atoms with E-state index >= 15 is 0 Å². The summed E-state index contributed by atoms with van der Waals surface area (Å²) in [4.78, 5) is 23.0. The first-order valence-electron chi connectivity index (χ1n) is 5.95. The molecule has 4 unspecified atom stereocenters. The van der Waals surface area contributed by atoms with Crippen LogP contribution >= 0.6 is 0 Å². The third-order valence-corrected chi connectivity index (χ3v) is 3.09. The fraction of sp³-hybridized carbons (Fsp3) is 0.545. The minimum Gasteiger partial charge on any atom is -0.480 e. The maximum atomic E-state index is 12.0. The molecule has 0 aromatic carbocycles. The molecule has 1 fully saturated rings. The Kier molecular flexibility index (Phi) is 3.82. The van der Waals surface area contributed by atoms with E-state index in [-0.39, 0.29) is 18.0 Å². The first-order valence-corrected chi connectivity index (χ1v) is 5.95. The molecule has 1 saturated heterocycles. The van der Waals surface area contributed by atoms with Crippen LogP contribution in [0.1, 0.15) is 13.8 Å². The molecule has 1 aliphatic rings. The third-order valence-electron chi connectivity index (χ3n) is 3.09. The van der Waals surface area contributed by atoms with Crippen molar-refractivity contribution in [3.05, 3.63) is 12.3 Å². The molecule has 4 atom stereocenters. The zero-order valence-electron chi connectivity index (χ0n) is 10.6. The average Bonchev–Trinajstić information content (AvgIpc) is 2.83. The number of hydrogen-bond acceptors (Lipinski definition) is 6. The van der Waals surface area contributed by atoms with Crippen LogP contribution < -0.4 is 15.4 Å². The number of aromatic amines is 1. The molecule has 0 radical (unpaired) electrons. The standard InChI is InChI=1S/C11H16N4O4/c1-5-8(10(16)17)13-6(2)9(14-5)11(18)19-7-3-4-12-15-7/h3-6,8-9,13-14H,1-2H3,(H,12,15)(H,16,17). The van der Waals surface area contributed by atoms with E-state index < -0.39 is 24.0 Å². The van der Waals surface area contributed by atoms with Crippen molar-refractivity contribution in [2.75, 3.05) is 0 Å². The van der Waals surface area contributed by atoms with E-state index in [9.17, 15) is 9.59 Å². The van der Waals surface area contributed by atoms with Gasteiger partial charge < -0.3 is 9.84 Å². The zero-order chi connectivity index (χ0) is 14.0. The lowest BCUT2D eigenvalue weighted by Crippen LogP contribution is -2.68. The van der Waals surface area contributed by atoms with Crippen LogP contribution in [0.4, 0.5) is 0 Å². The molecular formula is C11H16N4O4. The second kappa shape index (κ2) is 5.37. The Balaban J connectivity index is 2.01. The fourth-order valence-corrected chi connectivity index (χ4v) is 2.08. The third kappa shape index (κ3) is 2.91. The number of aliphatic carboxylic acids is 1. The SMILES string of the molecule is CC1NC(C(=O)Oc2ccn[nH]2)C(C)NC1C(=O)O. The van der Waals surface area contributed by atoms with E-state index in [1.807, 2.05) is 0 Å². The van der Waals surface area contributed by atoms with Crippen molar-refractivity contribution in [2.45, 2.75) is 38.0 Å². The molecule has 0 bridgehead atoms. The maximum Gasteiger partial charge on any atom is 0.331 e. The van der Waals surface area contributed by atoms with Crippen LogP contribution in [0.15, 0.2) is 12.3 Å². The highest BCUT2D eigenvalue weighted by Gasteiger charge is 2.39. The number of carboxylic acids is 1. The summed E-state index contributed by atoms with van der Waals surface area (Å²) < 4.78 is 5.10. The van der Waals surface area contributed by atoms with Gasteiger partial charge in [-0.15, -0.1) is 0 Å². The molecule has 4 N–H and O–H groups in total. The van der Waals surface area contributed by atoms with Gasteiger partial charge in [-0.2, -0.15) is 5.10 Å². The quantitative estimate of drug-likeness (QED) is 0.525. The lowest BCUT2D eigenvalue weighted by molar-refractivity contribution is -0.145. The van der Waals surface area contributed by atoms with Gasteiger partial charge >= 0.3 is 11.9 Å². The van der Waals surface area contributed by atoms with E-state index in [2.05, 4.69) is 20.8 Å². The molecule has 2 rings (SSSR count). The van der Waals surface area contributed by atoms with Crippen LogP contribution in [-0.2, 0) is 9.59 Å². The summed E-state index contributed by atoms with van der Waals surface area (Å²) in [6.45, 7) is 3.43. The highest BCUT2D eigenvalue weighted by molar-refractivity contribution is 5.80. The summed E-state index contributed by atoms with van der Waals surface area (Å²) in [5, 5.41) is 21.1. The number of rotatable bonds is 3. The molecule has 19 heavy (non-hydrogen) atoms. The fourth-order valence-electron chi connectivity index (χ4n) is 2.08. The maximum absolute atomic E-state index is 12.0. The summed E-state index contributed by atoms with van der Waals surface area (Å²) in [6.07, 6.45) is 1.47. The van der Waals surface area contributed by atoms with Crippen molar-refractivity contribution in [1.29, 1.82) is 0 Å². The predicted molar refractivity (Wildman–Crippen MR) is 64.6 cm³/mol. The summed E-state index contributed by atoms with van der Waals surface area (Å²) in [6, 6.07) is -0.552. The Morgan fingerprint density at radius 3 is 2.47 bits per heavy atom. The predicted octanol–water partition coefficient (Wildman–Crippen LogP) is -0.893. The molecule has 1 aromatic heterocycles. The second-order valence-electron chi connectivity index (χ2n) is 4.55. The van der Waals surface area contributed by atoms with Crippen LogP contribution in [0, 0.1) is 0 Å². The van der Waals surface area contributed by atoms with Gasteiger partial charge in [0, 0.05) is 18.2 Å². The molecule has 0 spiro atoms. The number of H-pyrrole nitrogens is 1. The highest BCUT2D eigenvalue weighted by atomic mass is 16.5. The Morgan fingerprint density at radius 1 is 1.26 bits per heavy atom. The molecule has 8 heteroatoms. The Hall–Kier alpha value is -1.93. The van der Waals surface area contributed by atoms with Gasteiger partial charge in [0.05, 0.1) is 6.20 Å². The van der Waals surface area contributed by atoms with Gasteiger partial charge in [0.1, 0.15) is 12.1 Å².